The number of carbonyl (C=O) groups excluding carboxylic acids is 5. The van der Waals surface area contributed by atoms with E-state index in [4.69, 9.17) is 0 Å². The van der Waals surface area contributed by atoms with Crippen molar-refractivity contribution >= 4 is 29.7 Å². The number of hydroxylamine groups is 2. The quantitative estimate of drug-likeness (QED) is 0.592. The highest BCUT2D eigenvalue weighted by molar-refractivity contribution is 6.01. The lowest BCUT2D eigenvalue weighted by atomic mass is 10.3. The molecule has 0 saturated carbocycles. The highest BCUT2D eigenvalue weighted by atomic mass is 16.7. The van der Waals surface area contributed by atoms with Gasteiger partial charge in [-0.25, -0.2) is 9.59 Å². The molecule has 98 valence electrons. The van der Waals surface area contributed by atoms with Gasteiger partial charge in [-0.1, -0.05) is 0 Å². The minimum Gasteiger partial charge on any atom is -0.351 e. The van der Waals surface area contributed by atoms with Gasteiger partial charge in [-0.3, -0.25) is 19.7 Å². The zero-order valence-corrected chi connectivity index (χ0v) is 9.30. The average Bonchev–Trinajstić information content (AvgIpc) is 2.57. The number of carbonyl (C=O) groups is 5. The van der Waals surface area contributed by atoms with Crippen LogP contribution >= 0.6 is 0 Å². The van der Waals surface area contributed by atoms with E-state index in [1.165, 1.54) is 0 Å². The summed E-state index contributed by atoms with van der Waals surface area (Å²) in [6.45, 7) is 0. The van der Waals surface area contributed by atoms with E-state index >= 15 is 0 Å². The summed E-state index contributed by atoms with van der Waals surface area (Å²) >= 11 is 0. The van der Waals surface area contributed by atoms with Crippen molar-refractivity contribution in [3.05, 3.63) is 0 Å². The standard InChI is InChI=1S/C9H11N3O6/c10-9(17)11-5(13)1-4-8(16)18-12-6(14)2-3-7(12)15/h1-4H2,(H3,10,11,13,17). The number of primary amides is 1. The average molecular weight is 257 g/mol. The van der Waals surface area contributed by atoms with Crippen LogP contribution < -0.4 is 11.1 Å². The molecular formula is C9H11N3O6. The SMILES string of the molecule is NC(=O)NC(=O)CCC(=O)ON1C(=O)CCC1=O. The predicted molar refractivity (Wildman–Crippen MR) is 54.1 cm³/mol. The molecule has 0 atom stereocenters. The maximum atomic E-state index is 11.2. The monoisotopic (exact) mass is 257 g/mol. The highest BCUT2D eigenvalue weighted by Gasteiger charge is 2.32. The lowest BCUT2D eigenvalue weighted by molar-refractivity contribution is -0.197. The van der Waals surface area contributed by atoms with Crippen LogP contribution in [0.2, 0.25) is 0 Å². The Morgan fingerprint density at radius 2 is 1.72 bits per heavy atom. The van der Waals surface area contributed by atoms with Crippen molar-refractivity contribution in [2.24, 2.45) is 5.73 Å². The third-order valence-corrected chi connectivity index (χ3v) is 2.02. The Balaban J connectivity index is 2.34. The molecule has 0 unspecified atom stereocenters. The fraction of sp³-hybridized carbons (Fsp3) is 0.444. The van der Waals surface area contributed by atoms with Crippen molar-refractivity contribution < 1.29 is 28.8 Å². The number of hydrogen-bond acceptors (Lipinski definition) is 6. The first-order valence-corrected chi connectivity index (χ1v) is 5.06. The van der Waals surface area contributed by atoms with E-state index in [2.05, 4.69) is 10.6 Å². The number of nitrogens with zero attached hydrogens (tertiary/aromatic N) is 1. The zero-order valence-electron chi connectivity index (χ0n) is 9.30. The van der Waals surface area contributed by atoms with Crippen molar-refractivity contribution in [2.75, 3.05) is 0 Å². The van der Waals surface area contributed by atoms with Gasteiger partial charge in [0, 0.05) is 19.3 Å². The zero-order chi connectivity index (χ0) is 13.7. The Hall–Kier alpha value is -2.45. The van der Waals surface area contributed by atoms with Gasteiger partial charge in [0.05, 0.1) is 6.42 Å². The molecule has 0 spiro atoms. The van der Waals surface area contributed by atoms with Crippen molar-refractivity contribution in [3.63, 3.8) is 0 Å². The number of rotatable bonds is 4. The van der Waals surface area contributed by atoms with Crippen LogP contribution in [0, 0.1) is 0 Å². The van der Waals surface area contributed by atoms with Crippen molar-refractivity contribution in [3.8, 4) is 0 Å². The van der Waals surface area contributed by atoms with Gasteiger partial charge in [-0.2, -0.15) is 0 Å². The van der Waals surface area contributed by atoms with Crippen LogP contribution in [0.25, 0.3) is 0 Å². The van der Waals surface area contributed by atoms with Gasteiger partial charge in [0.25, 0.3) is 11.8 Å². The molecule has 18 heavy (non-hydrogen) atoms. The normalized spacial score (nSPS) is 14.6. The first-order chi connectivity index (χ1) is 8.40. The van der Waals surface area contributed by atoms with Crippen molar-refractivity contribution in [2.45, 2.75) is 25.7 Å². The maximum absolute atomic E-state index is 11.2. The van der Waals surface area contributed by atoms with Crippen LogP contribution in [0.15, 0.2) is 0 Å². The second-order valence-corrected chi connectivity index (χ2v) is 3.46. The maximum Gasteiger partial charge on any atom is 0.333 e. The molecule has 1 aliphatic heterocycles. The highest BCUT2D eigenvalue weighted by Crippen LogP contribution is 2.12. The molecule has 0 aromatic heterocycles. The molecule has 3 N–H and O–H groups in total. The van der Waals surface area contributed by atoms with Crippen molar-refractivity contribution in [1.29, 1.82) is 0 Å². The minimum absolute atomic E-state index is 0.00568. The van der Waals surface area contributed by atoms with Gasteiger partial charge in [-0.15, -0.1) is 5.06 Å². The van der Waals surface area contributed by atoms with E-state index in [1.807, 2.05) is 0 Å². The second kappa shape index (κ2) is 5.75. The molecule has 0 aromatic carbocycles. The lowest BCUT2D eigenvalue weighted by Gasteiger charge is -2.12. The number of nitrogens with two attached hydrogens (primary N) is 1. The van der Waals surface area contributed by atoms with Crippen LogP contribution in [0.3, 0.4) is 0 Å². The fourth-order valence-electron chi connectivity index (χ4n) is 1.22. The summed E-state index contributed by atoms with van der Waals surface area (Å²) in [5.74, 6) is -2.87. The Kier molecular flexibility index (Phi) is 4.35. The molecule has 9 heteroatoms. The van der Waals surface area contributed by atoms with E-state index < -0.39 is 29.7 Å². The summed E-state index contributed by atoms with van der Waals surface area (Å²) in [6.07, 6.45) is -0.725. The Labute approximate surface area is 101 Å². The van der Waals surface area contributed by atoms with Crippen LogP contribution in [-0.4, -0.2) is 34.8 Å². The van der Waals surface area contributed by atoms with Crippen LogP contribution in [-0.2, 0) is 24.0 Å². The third-order valence-electron chi connectivity index (χ3n) is 2.02. The largest absolute Gasteiger partial charge is 0.351 e. The van der Waals surface area contributed by atoms with E-state index in [9.17, 15) is 24.0 Å². The van der Waals surface area contributed by atoms with E-state index in [0.29, 0.717) is 5.06 Å². The molecule has 9 nitrogen and oxygen atoms in total. The van der Waals surface area contributed by atoms with Crippen LogP contribution in [0.4, 0.5) is 4.79 Å². The number of imide groups is 2. The van der Waals surface area contributed by atoms with Gasteiger partial charge >= 0.3 is 12.0 Å². The van der Waals surface area contributed by atoms with Gasteiger partial charge in [-0.05, 0) is 0 Å². The molecular weight excluding hydrogens is 246 g/mol. The summed E-state index contributed by atoms with van der Waals surface area (Å²) in [4.78, 5) is 59.1. The summed E-state index contributed by atoms with van der Waals surface area (Å²) < 4.78 is 0. The molecule has 1 rings (SSSR count). The van der Waals surface area contributed by atoms with E-state index in [0.717, 1.165) is 0 Å². The smallest absolute Gasteiger partial charge is 0.333 e. The second-order valence-electron chi connectivity index (χ2n) is 3.46. The number of nitrogens with one attached hydrogen (secondary N) is 1. The van der Waals surface area contributed by atoms with Gasteiger partial charge in [0.2, 0.25) is 5.91 Å². The summed E-state index contributed by atoms with van der Waals surface area (Å²) in [7, 11) is 0. The molecule has 0 radical (unpaired) electrons. The van der Waals surface area contributed by atoms with E-state index in [1.54, 1.807) is 5.32 Å². The van der Waals surface area contributed by atoms with Crippen molar-refractivity contribution in [1.82, 2.24) is 10.4 Å². The summed E-state index contributed by atoms with van der Waals surface area (Å²) in [5, 5.41) is 2.14. The first-order valence-electron chi connectivity index (χ1n) is 5.06. The summed E-state index contributed by atoms with van der Waals surface area (Å²) in [5.41, 5.74) is 4.68. The molecule has 0 aliphatic carbocycles. The van der Waals surface area contributed by atoms with E-state index in [-0.39, 0.29) is 25.7 Å². The Bertz CT molecular complexity index is 403. The number of amides is 5. The van der Waals surface area contributed by atoms with Crippen LogP contribution in [0.1, 0.15) is 25.7 Å². The minimum atomic E-state index is -1.03. The molecule has 0 aromatic rings. The Morgan fingerprint density at radius 3 is 2.22 bits per heavy atom. The lowest BCUT2D eigenvalue weighted by Crippen LogP contribution is -2.36. The molecule has 1 aliphatic rings. The summed E-state index contributed by atoms with van der Waals surface area (Å²) in [6, 6.07) is -1.03. The van der Waals surface area contributed by atoms with Gasteiger partial charge < -0.3 is 10.6 Å². The topological polar surface area (TPSA) is 136 Å². The third kappa shape index (κ3) is 3.85. The molecule has 5 amide bonds. The van der Waals surface area contributed by atoms with Gasteiger partial charge in [0.1, 0.15) is 0 Å². The van der Waals surface area contributed by atoms with Crippen LogP contribution in [0.5, 0.6) is 0 Å². The molecule has 1 saturated heterocycles. The number of hydrogen-bond donors (Lipinski definition) is 2. The first kappa shape index (κ1) is 13.6. The Morgan fingerprint density at radius 1 is 1.17 bits per heavy atom. The number of urea groups is 1. The molecule has 0 bridgehead atoms. The fourth-order valence-corrected chi connectivity index (χ4v) is 1.22. The predicted octanol–water partition coefficient (Wildman–Crippen LogP) is -1.43. The van der Waals surface area contributed by atoms with Gasteiger partial charge in [0.15, 0.2) is 0 Å². The molecule has 1 fully saturated rings. The molecule has 1 heterocycles.